The van der Waals surface area contributed by atoms with E-state index in [1.54, 1.807) is 6.20 Å². The zero-order valence-corrected chi connectivity index (χ0v) is 11.6. The molecule has 0 amide bonds. The van der Waals surface area contributed by atoms with Gasteiger partial charge >= 0.3 is 0 Å². The predicted molar refractivity (Wildman–Crippen MR) is 75.0 cm³/mol. The molecular weight excluding hydrogens is 310 g/mol. The molecule has 2 aromatic heterocycles. The predicted octanol–water partition coefficient (Wildman–Crippen LogP) is 2.80. The lowest BCUT2D eigenvalue weighted by Gasteiger charge is -2.09. The number of fused-ring (bicyclic) bond motifs is 1. The quantitative estimate of drug-likeness (QED) is 0.758. The van der Waals surface area contributed by atoms with E-state index in [-0.39, 0.29) is 5.95 Å². The Morgan fingerprint density at radius 3 is 2.95 bits per heavy atom. The summed E-state index contributed by atoms with van der Waals surface area (Å²) in [6.45, 7) is 1.96. The van der Waals surface area contributed by atoms with Crippen LogP contribution in [0.3, 0.4) is 0 Å². The van der Waals surface area contributed by atoms with Gasteiger partial charge in [0, 0.05) is 4.47 Å². The van der Waals surface area contributed by atoms with Crippen LogP contribution in [0.15, 0.2) is 28.9 Å². The molecule has 0 fully saturated rings. The lowest BCUT2D eigenvalue weighted by Crippen LogP contribution is -1.98. The normalized spacial score (nSPS) is 10.8. The third kappa shape index (κ3) is 2.24. The van der Waals surface area contributed by atoms with Gasteiger partial charge in [-0.3, -0.25) is 5.10 Å². The summed E-state index contributed by atoms with van der Waals surface area (Å²) in [6.07, 6.45) is 1.61. The van der Waals surface area contributed by atoms with Crippen LogP contribution in [-0.4, -0.2) is 20.2 Å². The summed E-state index contributed by atoms with van der Waals surface area (Å²) in [4.78, 5) is 8.14. The highest BCUT2D eigenvalue weighted by Gasteiger charge is 2.11. The maximum Gasteiger partial charge on any atom is 0.235 e. The molecule has 6 nitrogen and oxygen atoms in total. The van der Waals surface area contributed by atoms with Crippen LogP contribution in [-0.2, 0) is 0 Å². The first-order chi connectivity index (χ1) is 9.13. The van der Waals surface area contributed by atoms with Crippen molar-refractivity contribution >= 4 is 32.9 Å². The number of H-pyrrole nitrogens is 1. The van der Waals surface area contributed by atoms with Crippen molar-refractivity contribution < 1.29 is 4.74 Å². The summed E-state index contributed by atoms with van der Waals surface area (Å²) in [5.41, 5.74) is 7.18. The molecule has 7 heteroatoms. The number of ether oxygens (including phenoxy) is 1. The van der Waals surface area contributed by atoms with Crippen molar-refractivity contribution in [3.63, 3.8) is 0 Å². The number of hydrogen-bond donors (Lipinski definition) is 2. The van der Waals surface area contributed by atoms with E-state index in [0.717, 1.165) is 10.0 Å². The molecule has 3 rings (SSSR count). The Kier molecular flexibility index (Phi) is 2.83. The Balaban J connectivity index is 2.07. The molecule has 1 aromatic carbocycles. The smallest absolute Gasteiger partial charge is 0.235 e. The van der Waals surface area contributed by atoms with Gasteiger partial charge in [-0.25, -0.2) is 0 Å². The minimum Gasteiger partial charge on any atom is -0.438 e. The van der Waals surface area contributed by atoms with Crippen LogP contribution in [0.5, 0.6) is 11.6 Å². The average molecular weight is 320 g/mol. The third-order valence-corrected chi connectivity index (χ3v) is 3.13. The maximum atomic E-state index is 5.80. The Hall–Kier alpha value is -2.15. The molecule has 3 aromatic rings. The van der Waals surface area contributed by atoms with Gasteiger partial charge in [-0.05, 0) is 30.7 Å². The molecule has 19 heavy (non-hydrogen) atoms. The van der Waals surface area contributed by atoms with Crippen LogP contribution < -0.4 is 10.5 Å². The van der Waals surface area contributed by atoms with Crippen molar-refractivity contribution in [1.29, 1.82) is 0 Å². The van der Waals surface area contributed by atoms with Crippen molar-refractivity contribution in [2.45, 2.75) is 6.92 Å². The molecule has 3 N–H and O–H groups in total. The first-order valence-corrected chi connectivity index (χ1v) is 6.33. The fourth-order valence-corrected chi connectivity index (χ4v) is 2.21. The lowest BCUT2D eigenvalue weighted by molar-refractivity contribution is 0.465. The van der Waals surface area contributed by atoms with Crippen LogP contribution in [0.1, 0.15) is 5.56 Å². The molecule has 0 radical (unpaired) electrons. The number of halogens is 1. The molecule has 0 saturated heterocycles. The monoisotopic (exact) mass is 319 g/mol. The Morgan fingerprint density at radius 2 is 2.16 bits per heavy atom. The second-order valence-electron chi connectivity index (χ2n) is 4.03. The Labute approximate surface area is 117 Å². The number of aryl methyl sites for hydroxylation is 1. The molecule has 2 heterocycles. The van der Waals surface area contributed by atoms with Gasteiger partial charge in [0.2, 0.25) is 11.8 Å². The average Bonchev–Trinajstić information content (AvgIpc) is 2.80. The van der Waals surface area contributed by atoms with E-state index in [4.69, 9.17) is 10.5 Å². The largest absolute Gasteiger partial charge is 0.438 e. The molecule has 0 spiro atoms. The van der Waals surface area contributed by atoms with Gasteiger partial charge in [-0.1, -0.05) is 15.9 Å². The van der Waals surface area contributed by atoms with Crippen LogP contribution in [0, 0.1) is 6.92 Å². The van der Waals surface area contributed by atoms with Crippen molar-refractivity contribution in [1.82, 2.24) is 20.2 Å². The zero-order chi connectivity index (χ0) is 13.4. The van der Waals surface area contributed by atoms with Crippen molar-refractivity contribution in [2.75, 3.05) is 5.73 Å². The first kappa shape index (κ1) is 11.9. The minimum atomic E-state index is 0.140. The number of benzene rings is 1. The second kappa shape index (κ2) is 4.51. The standard InChI is InChI=1S/C12H10BrN5O/c1-6-4-7(13)2-3-9(6)19-11-8-5-15-18-10(8)16-12(14)17-11/h2-5H,1H3,(H3,14,15,16,17,18). The number of aromatic nitrogens is 4. The van der Waals surface area contributed by atoms with E-state index in [2.05, 4.69) is 36.1 Å². The summed E-state index contributed by atoms with van der Waals surface area (Å²) >= 11 is 3.41. The number of nitrogens with zero attached hydrogens (tertiary/aromatic N) is 3. The fourth-order valence-electron chi connectivity index (χ4n) is 1.73. The van der Waals surface area contributed by atoms with Gasteiger partial charge in [0.25, 0.3) is 0 Å². The highest BCUT2D eigenvalue weighted by Crippen LogP contribution is 2.30. The van der Waals surface area contributed by atoms with Crippen molar-refractivity contribution in [2.24, 2.45) is 0 Å². The van der Waals surface area contributed by atoms with E-state index in [1.807, 2.05) is 25.1 Å². The molecular formula is C12H10BrN5O. The summed E-state index contributed by atoms with van der Waals surface area (Å²) < 4.78 is 6.80. The number of nitrogens with two attached hydrogens (primary N) is 1. The van der Waals surface area contributed by atoms with Crippen LogP contribution in [0.2, 0.25) is 0 Å². The number of anilines is 1. The number of rotatable bonds is 2. The summed E-state index contributed by atoms with van der Waals surface area (Å²) in [7, 11) is 0. The number of hydrogen-bond acceptors (Lipinski definition) is 5. The molecule has 0 bridgehead atoms. The van der Waals surface area contributed by atoms with Gasteiger partial charge < -0.3 is 10.5 Å². The Morgan fingerprint density at radius 1 is 1.32 bits per heavy atom. The van der Waals surface area contributed by atoms with Gasteiger partial charge in [-0.2, -0.15) is 15.1 Å². The van der Waals surface area contributed by atoms with E-state index in [9.17, 15) is 0 Å². The molecule has 96 valence electrons. The molecule has 0 aliphatic rings. The third-order valence-electron chi connectivity index (χ3n) is 2.64. The molecule has 0 saturated carbocycles. The number of aromatic amines is 1. The van der Waals surface area contributed by atoms with E-state index in [1.165, 1.54) is 0 Å². The molecule has 0 aliphatic carbocycles. The van der Waals surface area contributed by atoms with Gasteiger partial charge in [-0.15, -0.1) is 0 Å². The SMILES string of the molecule is Cc1cc(Br)ccc1Oc1nc(N)nc2[nH]ncc12. The highest BCUT2D eigenvalue weighted by molar-refractivity contribution is 9.10. The zero-order valence-electron chi connectivity index (χ0n) is 10.0. The van der Waals surface area contributed by atoms with Crippen LogP contribution in [0.4, 0.5) is 5.95 Å². The molecule has 0 aliphatic heterocycles. The maximum absolute atomic E-state index is 5.80. The minimum absolute atomic E-state index is 0.140. The molecule has 0 atom stereocenters. The van der Waals surface area contributed by atoms with E-state index < -0.39 is 0 Å². The summed E-state index contributed by atoms with van der Waals surface area (Å²) in [5, 5.41) is 7.34. The number of nitrogen functional groups attached to an aromatic ring is 1. The van der Waals surface area contributed by atoms with E-state index >= 15 is 0 Å². The summed E-state index contributed by atoms with van der Waals surface area (Å²) in [5.74, 6) is 1.24. The topological polar surface area (TPSA) is 89.7 Å². The van der Waals surface area contributed by atoms with Gasteiger partial charge in [0.15, 0.2) is 5.65 Å². The first-order valence-electron chi connectivity index (χ1n) is 5.54. The highest BCUT2D eigenvalue weighted by atomic mass is 79.9. The fraction of sp³-hybridized carbons (Fsp3) is 0.0833. The molecule has 0 unspecified atom stereocenters. The summed E-state index contributed by atoms with van der Waals surface area (Å²) in [6, 6.07) is 5.73. The lowest BCUT2D eigenvalue weighted by atomic mass is 10.2. The van der Waals surface area contributed by atoms with E-state index in [0.29, 0.717) is 22.7 Å². The van der Waals surface area contributed by atoms with Gasteiger partial charge in [0.1, 0.15) is 11.1 Å². The second-order valence-corrected chi connectivity index (χ2v) is 4.95. The Bertz CT molecular complexity index is 755. The van der Waals surface area contributed by atoms with Crippen LogP contribution in [0.25, 0.3) is 11.0 Å². The van der Waals surface area contributed by atoms with Crippen molar-refractivity contribution in [3.05, 3.63) is 34.4 Å². The number of nitrogens with one attached hydrogen (secondary N) is 1. The van der Waals surface area contributed by atoms with Gasteiger partial charge in [0.05, 0.1) is 6.20 Å². The van der Waals surface area contributed by atoms with Crippen LogP contribution >= 0.6 is 15.9 Å². The van der Waals surface area contributed by atoms with Crippen molar-refractivity contribution in [3.8, 4) is 11.6 Å².